The first-order valence-corrected chi connectivity index (χ1v) is 8.31. The van der Waals surface area contributed by atoms with Crippen LogP contribution in [0.15, 0.2) is 24.3 Å². The summed E-state index contributed by atoms with van der Waals surface area (Å²) in [4.78, 5) is 14.8. The van der Waals surface area contributed by atoms with Gasteiger partial charge in [0.15, 0.2) is 0 Å². The summed E-state index contributed by atoms with van der Waals surface area (Å²) in [5, 5.41) is 9.85. The van der Waals surface area contributed by atoms with Crippen molar-refractivity contribution in [2.45, 2.75) is 40.3 Å². The van der Waals surface area contributed by atoms with E-state index >= 15 is 0 Å². The summed E-state index contributed by atoms with van der Waals surface area (Å²) in [6.45, 7) is 7.64. The van der Waals surface area contributed by atoms with Crippen molar-refractivity contribution in [2.24, 2.45) is 5.73 Å². The van der Waals surface area contributed by atoms with Crippen LogP contribution in [-0.2, 0) is 19.5 Å². The Bertz CT molecular complexity index is 789. The SMILES string of the molecule is Cc1cc2c(cc1O)CCN(C(=O)c1cc(C)c(CN)c(C)c1)C2. The number of carbonyl (C=O) groups is 1. The minimum absolute atomic E-state index is 0.0566. The molecule has 0 fully saturated rings. The van der Waals surface area contributed by atoms with Crippen LogP contribution >= 0.6 is 0 Å². The van der Waals surface area contributed by atoms with Gasteiger partial charge < -0.3 is 15.7 Å². The fourth-order valence-electron chi connectivity index (χ4n) is 3.51. The molecule has 1 amide bonds. The van der Waals surface area contributed by atoms with Crippen LogP contribution in [0.4, 0.5) is 0 Å². The first-order chi connectivity index (χ1) is 11.4. The summed E-state index contributed by atoms with van der Waals surface area (Å²) in [6, 6.07) is 7.69. The molecule has 2 aromatic carbocycles. The lowest BCUT2D eigenvalue weighted by Gasteiger charge is -2.30. The van der Waals surface area contributed by atoms with Crippen LogP contribution in [0, 0.1) is 20.8 Å². The van der Waals surface area contributed by atoms with Crippen LogP contribution in [0.5, 0.6) is 5.75 Å². The highest BCUT2D eigenvalue weighted by Gasteiger charge is 2.23. The number of hydrogen-bond acceptors (Lipinski definition) is 3. The first kappa shape index (κ1) is 16.5. The highest BCUT2D eigenvalue weighted by molar-refractivity contribution is 5.95. The summed E-state index contributed by atoms with van der Waals surface area (Å²) >= 11 is 0. The molecule has 0 radical (unpaired) electrons. The van der Waals surface area contributed by atoms with Gasteiger partial charge in [-0.05, 0) is 78.8 Å². The van der Waals surface area contributed by atoms with Crippen molar-refractivity contribution in [3.63, 3.8) is 0 Å². The molecule has 0 atom stereocenters. The van der Waals surface area contributed by atoms with E-state index in [1.807, 2.05) is 49.9 Å². The average molecular weight is 324 g/mol. The molecule has 4 nitrogen and oxygen atoms in total. The van der Waals surface area contributed by atoms with Gasteiger partial charge in [0.2, 0.25) is 0 Å². The normalized spacial score (nSPS) is 13.8. The number of phenolic OH excluding ortho intramolecular Hbond substituents is 1. The van der Waals surface area contributed by atoms with Gasteiger partial charge in [0.25, 0.3) is 5.91 Å². The predicted molar refractivity (Wildman–Crippen MR) is 95.1 cm³/mol. The lowest BCUT2D eigenvalue weighted by Crippen LogP contribution is -2.36. The third-order valence-corrected chi connectivity index (χ3v) is 4.96. The third kappa shape index (κ3) is 2.89. The number of nitrogens with zero attached hydrogens (tertiary/aromatic N) is 1. The van der Waals surface area contributed by atoms with Crippen LogP contribution in [0.25, 0.3) is 0 Å². The Balaban J connectivity index is 1.88. The lowest BCUT2D eigenvalue weighted by atomic mass is 9.95. The Hall–Kier alpha value is -2.33. The molecule has 1 aliphatic rings. The molecule has 0 saturated heterocycles. The van der Waals surface area contributed by atoms with E-state index in [0.29, 0.717) is 25.4 Å². The van der Waals surface area contributed by atoms with Crippen molar-refractivity contribution in [3.05, 3.63) is 63.2 Å². The van der Waals surface area contributed by atoms with Gasteiger partial charge in [-0.3, -0.25) is 4.79 Å². The Morgan fingerprint density at radius 3 is 2.38 bits per heavy atom. The van der Waals surface area contributed by atoms with Crippen molar-refractivity contribution in [2.75, 3.05) is 6.54 Å². The van der Waals surface area contributed by atoms with E-state index in [1.54, 1.807) is 0 Å². The molecule has 3 rings (SSSR count). The van der Waals surface area contributed by atoms with Gasteiger partial charge >= 0.3 is 0 Å². The molecule has 0 saturated carbocycles. The second-order valence-corrected chi connectivity index (χ2v) is 6.68. The molecule has 0 aliphatic carbocycles. The number of benzene rings is 2. The molecule has 24 heavy (non-hydrogen) atoms. The molecule has 0 aromatic heterocycles. The number of nitrogens with two attached hydrogens (primary N) is 1. The number of aryl methyl sites for hydroxylation is 3. The molecule has 126 valence electrons. The quantitative estimate of drug-likeness (QED) is 0.892. The average Bonchev–Trinajstić information content (AvgIpc) is 2.54. The van der Waals surface area contributed by atoms with Crippen LogP contribution < -0.4 is 5.73 Å². The maximum absolute atomic E-state index is 12.9. The van der Waals surface area contributed by atoms with Crippen molar-refractivity contribution >= 4 is 5.91 Å². The molecule has 1 heterocycles. The Labute approximate surface area is 142 Å². The van der Waals surface area contributed by atoms with Gasteiger partial charge in [0.05, 0.1) is 0 Å². The van der Waals surface area contributed by atoms with Crippen LogP contribution in [0.1, 0.15) is 43.7 Å². The standard InChI is InChI=1S/C20H24N2O2/c1-12-6-16(7-13(2)18(12)10-21)20(24)22-5-4-15-9-19(23)14(3)8-17(15)11-22/h6-9,23H,4-5,10-11,21H2,1-3H3. The van der Waals surface area contributed by atoms with E-state index in [9.17, 15) is 9.90 Å². The summed E-state index contributed by atoms with van der Waals surface area (Å²) in [5.74, 6) is 0.387. The highest BCUT2D eigenvalue weighted by Crippen LogP contribution is 2.27. The van der Waals surface area contributed by atoms with Crippen LogP contribution in [0.2, 0.25) is 0 Å². The van der Waals surface area contributed by atoms with Gasteiger partial charge in [0.1, 0.15) is 5.75 Å². The lowest BCUT2D eigenvalue weighted by molar-refractivity contribution is 0.0734. The second-order valence-electron chi connectivity index (χ2n) is 6.68. The third-order valence-electron chi connectivity index (χ3n) is 4.96. The maximum atomic E-state index is 12.9. The molecule has 2 aromatic rings. The molecule has 0 unspecified atom stereocenters. The number of hydrogen-bond donors (Lipinski definition) is 2. The van der Waals surface area contributed by atoms with E-state index in [-0.39, 0.29) is 5.91 Å². The molecule has 0 bridgehead atoms. The number of phenols is 1. The number of carbonyl (C=O) groups excluding carboxylic acids is 1. The summed E-state index contributed by atoms with van der Waals surface area (Å²) < 4.78 is 0. The summed E-state index contributed by atoms with van der Waals surface area (Å²) in [6.07, 6.45) is 0.772. The van der Waals surface area contributed by atoms with Gasteiger partial charge in [-0.25, -0.2) is 0 Å². The summed E-state index contributed by atoms with van der Waals surface area (Å²) in [5.41, 5.74) is 12.9. The minimum atomic E-state index is 0.0566. The summed E-state index contributed by atoms with van der Waals surface area (Å²) in [7, 11) is 0. The van der Waals surface area contributed by atoms with E-state index in [2.05, 4.69) is 0 Å². The van der Waals surface area contributed by atoms with Crippen molar-refractivity contribution in [3.8, 4) is 5.75 Å². The Morgan fingerprint density at radius 1 is 1.08 bits per heavy atom. The van der Waals surface area contributed by atoms with Crippen molar-refractivity contribution in [1.29, 1.82) is 0 Å². The minimum Gasteiger partial charge on any atom is -0.508 e. The van der Waals surface area contributed by atoms with Gasteiger partial charge in [-0.1, -0.05) is 6.07 Å². The second kappa shape index (κ2) is 6.29. The fourth-order valence-corrected chi connectivity index (χ4v) is 3.51. The number of fused-ring (bicyclic) bond motifs is 1. The van der Waals surface area contributed by atoms with Crippen molar-refractivity contribution in [1.82, 2.24) is 4.90 Å². The zero-order chi connectivity index (χ0) is 17.4. The van der Waals surface area contributed by atoms with E-state index in [0.717, 1.165) is 45.4 Å². The predicted octanol–water partition coefficient (Wildman–Crippen LogP) is 2.97. The Morgan fingerprint density at radius 2 is 1.75 bits per heavy atom. The number of amides is 1. The smallest absolute Gasteiger partial charge is 0.254 e. The van der Waals surface area contributed by atoms with E-state index in [1.165, 1.54) is 0 Å². The van der Waals surface area contributed by atoms with Crippen LogP contribution in [0.3, 0.4) is 0 Å². The molecule has 3 N–H and O–H groups in total. The van der Waals surface area contributed by atoms with Gasteiger partial charge in [-0.2, -0.15) is 0 Å². The molecular weight excluding hydrogens is 300 g/mol. The van der Waals surface area contributed by atoms with E-state index < -0.39 is 0 Å². The topological polar surface area (TPSA) is 66.6 Å². The zero-order valence-electron chi connectivity index (χ0n) is 14.5. The van der Waals surface area contributed by atoms with Crippen LogP contribution in [-0.4, -0.2) is 22.5 Å². The molecule has 0 spiro atoms. The van der Waals surface area contributed by atoms with Crippen molar-refractivity contribution < 1.29 is 9.90 Å². The zero-order valence-corrected chi connectivity index (χ0v) is 14.5. The monoisotopic (exact) mass is 324 g/mol. The molecule has 1 aliphatic heterocycles. The Kier molecular flexibility index (Phi) is 4.33. The van der Waals surface area contributed by atoms with E-state index in [4.69, 9.17) is 5.73 Å². The van der Waals surface area contributed by atoms with Gasteiger partial charge in [-0.15, -0.1) is 0 Å². The van der Waals surface area contributed by atoms with Gasteiger partial charge in [0, 0.05) is 25.2 Å². The number of rotatable bonds is 2. The molecular formula is C20H24N2O2. The first-order valence-electron chi connectivity index (χ1n) is 8.31. The highest BCUT2D eigenvalue weighted by atomic mass is 16.3. The maximum Gasteiger partial charge on any atom is 0.254 e. The molecule has 4 heteroatoms. The largest absolute Gasteiger partial charge is 0.508 e. The number of aromatic hydroxyl groups is 1. The fraction of sp³-hybridized carbons (Fsp3) is 0.350.